The minimum absolute atomic E-state index is 0.258. The van der Waals surface area contributed by atoms with Gasteiger partial charge in [0.15, 0.2) is 0 Å². The van der Waals surface area contributed by atoms with Crippen LogP contribution in [-0.2, 0) is 0 Å². The van der Waals surface area contributed by atoms with Crippen LogP contribution in [0, 0.1) is 0 Å². The van der Waals surface area contributed by atoms with Crippen molar-refractivity contribution >= 4 is 11.8 Å². The fourth-order valence-electron chi connectivity index (χ4n) is 1.44. The molecule has 66 valence electrons. The van der Waals surface area contributed by atoms with Crippen molar-refractivity contribution in [3.63, 3.8) is 0 Å². The van der Waals surface area contributed by atoms with Crippen LogP contribution in [0.4, 0.5) is 0 Å². The van der Waals surface area contributed by atoms with E-state index in [9.17, 15) is 0 Å². The summed E-state index contributed by atoms with van der Waals surface area (Å²) in [6.07, 6.45) is 2.59. The van der Waals surface area contributed by atoms with Crippen molar-refractivity contribution in [3.8, 4) is 0 Å². The van der Waals surface area contributed by atoms with E-state index in [0.29, 0.717) is 6.04 Å². The van der Waals surface area contributed by atoms with Crippen molar-refractivity contribution in [2.24, 2.45) is 0 Å². The molecule has 0 aromatic carbocycles. The summed E-state index contributed by atoms with van der Waals surface area (Å²) in [4.78, 5) is 0. The van der Waals surface area contributed by atoms with E-state index in [1.54, 1.807) is 0 Å². The van der Waals surface area contributed by atoms with Gasteiger partial charge in [-0.15, -0.1) is 0 Å². The first-order valence-corrected chi connectivity index (χ1v) is 5.35. The van der Waals surface area contributed by atoms with E-state index in [-0.39, 0.29) is 6.61 Å². The topological polar surface area (TPSA) is 32.3 Å². The van der Waals surface area contributed by atoms with Gasteiger partial charge in [0, 0.05) is 17.8 Å². The van der Waals surface area contributed by atoms with E-state index in [4.69, 9.17) is 5.11 Å². The standard InChI is InChI=1S/C8H17NOS/c1-7-8(9-4-5-10)3-2-6-11-7/h7-10H,2-6H2,1H3. The minimum atomic E-state index is 0.258. The predicted octanol–water partition coefficient (Wildman–Crippen LogP) is 0.852. The van der Waals surface area contributed by atoms with Gasteiger partial charge in [-0.1, -0.05) is 6.92 Å². The molecule has 11 heavy (non-hydrogen) atoms. The fraction of sp³-hybridized carbons (Fsp3) is 1.00. The molecule has 1 aliphatic rings. The summed E-state index contributed by atoms with van der Waals surface area (Å²) in [5, 5.41) is 12.7. The molecule has 0 spiro atoms. The second kappa shape index (κ2) is 5.01. The smallest absolute Gasteiger partial charge is 0.0556 e. The number of rotatable bonds is 3. The first-order chi connectivity index (χ1) is 5.34. The third-order valence-electron chi connectivity index (χ3n) is 2.13. The first kappa shape index (κ1) is 9.36. The molecular formula is C8H17NOS. The molecule has 2 atom stereocenters. The molecular weight excluding hydrogens is 158 g/mol. The highest BCUT2D eigenvalue weighted by molar-refractivity contribution is 7.99. The molecule has 0 radical (unpaired) electrons. The highest BCUT2D eigenvalue weighted by atomic mass is 32.2. The zero-order chi connectivity index (χ0) is 8.10. The van der Waals surface area contributed by atoms with Crippen LogP contribution in [0.15, 0.2) is 0 Å². The lowest BCUT2D eigenvalue weighted by Gasteiger charge is -2.28. The lowest BCUT2D eigenvalue weighted by atomic mass is 10.1. The monoisotopic (exact) mass is 175 g/mol. The van der Waals surface area contributed by atoms with Gasteiger partial charge in [0.05, 0.1) is 6.61 Å². The van der Waals surface area contributed by atoms with E-state index in [2.05, 4.69) is 12.2 Å². The van der Waals surface area contributed by atoms with Gasteiger partial charge in [-0.3, -0.25) is 0 Å². The van der Waals surface area contributed by atoms with Gasteiger partial charge in [-0.05, 0) is 18.6 Å². The zero-order valence-corrected chi connectivity index (χ0v) is 7.86. The maximum absolute atomic E-state index is 8.61. The third kappa shape index (κ3) is 3.01. The minimum Gasteiger partial charge on any atom is -0.395 e. The predicted molar refractivity (Wildman–Crippen MR) is 50.0 cm³/mol. The van der Waals surface area contributed by atoms with Crippen LogP contribution >= 0.6 is 11.8 Å². The van der Waals surface area contributed by atoms with Gasteiger partial charge in [-0.25, -0.2) is 0 Å². The second-order valence-corrected chi connectivity index (χ2v) is 4.49. The molecule has 2 unspecified atom stereocenters. The maximum Gasteiger partial charge on any atom is 0.0556 e. The third-order valence-corrected chi connectivity index (χ3v) is 3.50. The van der Waals surface area contributed by atoms with E-state index < -0.39 is 0 Å². The number of thioether (sulfide) groups is 1. The average Bonchev–Trinajstić information content (AvgIpc) is 2.03. The second-order valence-electron chi connectivity index (χ2n) is 3.00. The van der Waals surface area contributed by atoms with Gasteiger partial charge in [0.2, 0.25) is 0 Å². The van der Waals surface area contributed by atoms with Crippen molar-refractivity contribution in [1.29, 1.82) is 0 Å². The molecule has 2 nitrogen and oxygen atoms in total. The molecule has 0 amide bonds. The van der Waals surface area contributed by atoms with E-state index >= 15 is 0 Å². The van der Waals surface area contributed by atoms with Crippen molar-refractivity contribution < 1.29 is 5.11 Å². The van der Waals surface area contributed by atoms with Gasteiger partial charge < -0.3 is 10.4 Å². The van der Waals surface area contributed by atoms with Crippen LogP contribution in [0.5, 0.6) is 0 Å². The SMILES string of the molecule is CC1SCCCC1NCCO. The van der Waals surface area contributed by atoms with Crippen LogP contribution in [-0.4, -0.2) is 35.3 Å². The average molecular weight is 175 g/mol. The summed E-state index contributed by atoms with van der Waals surface area (Å²) >= 11 is 2.03. The van der Waals surface area contributed by atoms with Gasteiger partial charge in [0.25, 0.3) is 0 Å². The highest BCUT2D eigenvalue weighted by Gasteiger charge is 2.20. The Bertz CT molecular complexity index is 110. The van der Waals surface area contributed by atoms with Crippen molar-refractivity contribution in [2.45, 2.75) is 31.1 Å². The van der Waals surface area contributed by atoms with Crippen molar-refractivity contribution in [3.05, 3.63) is 0 Å². The van der Waals surface area contributed by atoms with Crippen LogP contribution in [0.25, 0.3) is 0 Å². The Morgan fingerprint density at radius 2 is 2.45 bits per heavy atom. The van der Waals surface area contributed by atoms with E-state index in [1.807, 2.05) is 11.8 Å². The number of hydrogen-bond donors (Lipinski definition) is 2. The zero-order valence-electron chi connectivity index (χ0n) is 7.05. The molecule has 3 heteroatoms. The summed E-state index contributed by atoms with van der Waals surface area (Å²) in [6.45, 7) is 3.27. The van der Waals surface area contributed by atoms with Crippen molar-refractivity contribution in [2.75, 3.05) is 18.9 Å². The highest BCUT2D eigenvalue weighted by Crippen LogP contribution is 2.24. The largest absolute Gasteiger partial charge is 0.395 e. The Labute approximate surface area is 72.8 Å². The molecule has 1 saturated heterocycles. The van der Waals surface area contributed by atoms with E-state index in [0.717, 1.165) is 11.8 Å². The van der Waals surface area contributed by atoms with Crippen LogP contribution in [0.1, 0.15) is 19.8 Å². The van der Waals surface area contributed by atoms with Gasteiger partial charge >= 0.3 is 0 Å². The molecule has 1 fully saturated rings. The van der Waals surface area contributed by atoms with Gasteiger partial charge in [0.1, 0.15) is 0 Å². The van der Waals surface area contributed by atoms with Crippen molar-refractivity contribution in [1.82, 2.24) is 5.32 Å². The Hall–Kier alpha value is 0.270. The molecule has 0 saturated carbocycles. The summed E-state index contributed by atoms with van der Waals surface area (Å²) < 4.78 is 0. The first-order valence-electron chi connectivity index (χ1n) is 4.30. The molecule has 0 bridgehead atoms. The summed E-state index contributed by atoms with van der Waals surface area (Å²) in [5.41, 5.74) is 0. The number of aliphatic hydroxyl groups is 1. The maximum atomic E-state index is 8.61. The molecule has 1 heterocycles. The Morgan fingerprint density at radius 3 is 3.09 bits per heavy atom. The Balaban J connectivity index is 2.18. The molecule has 1 aliphatic heterocycles. The lowest BCUT2D eigenvalue weighted by molar-refractivity contribution is 0.281. The molecule has 0 aliphatic carbocycles. The Morgan fingerprint density at radius 1 is 1.64 bits per heavy atom. The molecule has 1 rings (SSSR count). The number of aliphatic hydroxyl groups excluding tert-OH is 1. The molecule has 0 aromatic rings. The summed E-state index contributed by atoms with van der Waals surface area (Å²) in [6, 6.07) is 0.626. The molecule has 0 aromatic heterocycles. The van der Waals surface area contributed by atoms with Gasteiger partial charge in [-0.2, -0.15) is 11.8 Å². The molecule has 2 N–H and O–H groups in total. The fourth-order valence-corrected chi connectivity index (χ4v) is 2.61. The normalized spacial score (nSPS) is 32.2. The van der Waals surface area contributed by atoms with E-state index in [1.165, 1.54) is 18.6 Å². The van der Waals surface area contributed by atoms with Crippen LogP contribution < -0.4 is 5.32 Å². The summed E-state index contributed by atoms with van der Waals surface area (Å²) in [5.74, 6) is 1.30. The van der Waals surface area contributed by atoms with Crippen LogP contribution in [0.2, 0.25) is 0 Å². The van der Waals surface area contributed by atoms with Crippen LogP contribution in [0.3, 0.4) is 0 Å². The Kier molecular flexibility index (Phi) is 4.26. The lowest BCUT2D eigenvalue weighted by Crippen LogP contribution is -2.40. The summed E-state index contributed by atoms with van der Waals surface area (Å²) in [7, 11) is 0. The number of nitrogens with one attached hydrogen (secondary N) is 1. The number of hydrogen-bond acceptors (Lipinski definition) is 3. The quantitative estimate of drug-likeness (QED) is 0.667.